The van der Waals surface area contributed by atoms with E-state index in [1.807, 2.05) is 36.1 Å². The van der Waals surface area contributed by atoms with Crippen LogP contribution in [0, 0.1) is 0 Å². The Morgan fingerprint density at radius 2 is 1.84 bits per heavy atom. The summed E-state index contributed by atoms with van der Waals surface area (Å²) in [4.78, 5) is 21.1. The second kappa shape index (κ2) is 8.47. The molecule has 8 heteroatoms. The number of carbonyl (C=O) groups excluding carboxylic acids is 1. The highest BCUT2D eigenvalue weighted by atomic mass is 16.5. The minimum absolute atomic E-state index is 0.0727. The molecule has 0 aliphatic carbocycles. The Morgan fingerprint density at radius 1 is 1.10 bits per heavy atom. The molecule has 0 spiro atoms. The van der Waals surface area contributed by atoms with Crippen LogP contribution in [0.25, 0.3) is 5.69 Å². The highest BCUT2D eigenvalue weighted by Gasteiger charge is 2.33. The molecule has 8 nitrogen and oxygen atoms in total. The van der Waals surface area contributed by atoms with Crippen LogP contribution in [0.4, 0.5) is 0 Å². The molecule has 1 saturated heterocycles. The molecule has 1 fully saturated rings. The predicted molar refractivity (Wildman–Crippen MR) is 115 cm³/mol. The van der Waals surface area contributed by atoms with E-state index in [1.165, 1.54) is 4.80 Å². The number of hydrogen-bond acceptors (Lipinski definition) is 6. The number of carbonyl (C=O) groups is 1. The van der Waals surface area contributed by atoms with E-state index in [-0.39, 0.29) is 18.1 Å². The van der Waals surface area contributed by atoms with Gasteiger partial charge < -0.3 is 14.7 Å². The van der Waals surface area contributed by atoms with Crippen molar-refractivity contribution in [3.63, 3.8) is 0 Å². The lowest BCUT2D eigenvalue weighted by Gasteiger charge is -2.38. The zero-order valence-corrected chi connectivity index (χ0v) is 18.0. The van der Waals surface area contributed by atoms with Crippen molar-refractivity contribution in [2.24, 2.45) is 0 Å². The Labute approximate surface area is 181 Å². The molecule has 0 radical (unpaired) electrons. The molecule has 3 heterocycles. The van der Waals surface area contributed by atoms with E-state index in [4.69, 9.17) is 4.74 Å². The fourth-order valence-electron chi connectivity index (χ4n) is 3.88. The van der Waals surface area contributed by atoms with E-state index in [0.717, 1.165) is 12.8 Å². The number of ether oxygens (including phenoxy) is 1. The number of likely N-dealkylation sites (tertiary alicyclic amines) is 1. The summed E-state index contributed by atoms with van der Waals surface area (Å²) in [6.07, 6.45) is 6.21. The highest BCUT2D eigenvalue weighted by Crippen LogP contribution is 2.30. The highest BCUT2D eigenvalue weighted by molar-refractivity contribution is 5.98. The van der Waals surface area contributed by atoms with E-state index in [9.17, 15) is 9.90 Å². The maximum absolute atomic E-state index is 13.5. The minimum atomic E-state index is -1.07. The van der Waals surface area contributed by atoms with Gasteiger partial charge in [-0.15, -0.1) is 0 Å². The lowest BCUT2D eigenvalue weighted by Crippen LogP contribution is -2.49. The van der Waals surface area contributed by atoms with Crippen molar-refractivity contribution in [1.82, 2.24) is 24.9 Å². The van der Waals surface area contributed by atoms with Gasteiger partial charge in [-0.25, -0.2) is 4.98 Å². The first-order chi connectivity index (χ1) is 14.8. The number of rotatable bonds is 5. The number of benzene rings is 1. The van der Waals surface area contributed by atoms with Crippen molar-refractivity contribution in [3.05, 3.63) is 66.1 Å². The smallest absolute Gasteiger partial charge is 0.256 e. The van der Waals surface area contributed by atoms with Crippen LogP contribution in [0.1, 0.15) is 49.5 Å². The van der Waals surface area contributed by atoms with Gasteiger partial charge in [0.2, 0.25) is 5.88 Å². The van der Waals surface area contributed by atoms with Crippen LogP contribution in [0.3, 0.4) is 0 Å². The SMILES string of the molecule is C[C@@H]1CC[C@@H](Oc2ncccc2C(C)(C)O)CN1C(=O)c1ccccc1-n1nccn1. The first kappa shape index (κ1) is 21.0. The van der Waals surface area contributed by atoms with Crippen molar-refractivity contribution in [2.45, 2.75) is 51.4 Å². The third-order valence-corrected chi connectivity index (χ3v) is 5.58. The van der Waals surface area contributed by atoms with E-state index in [0.29, 0.717) is 29.2 Å². The third kappa shape index (κ3) is 4.44. The summed E-state index contributed by atoms with van der Waals surface area (Å²) in [6, 6.07) is 11.0. The van der Waals surface area contributed by atoms with E-state index in [1.54, 1.807) is 44.6 Å². The van der Waals surface area contributed by atoms with Gasteiger partial charge in [0.05, 0.1) is 35.8 Å². The summed E-state index contributed by atoms with van der Waals surface area (Å²) in [7, 11) is 0. The normalized spacial score (nSPS) is 19.3. The number of para-hydroxylation sites is 1. The molecule has 1 N–H and O–H groups in total. The van der Waals surface area contributed by atoms with Gasteiger partial charge in [-0.05, 0) is 57.9 Å². The molecule has 1 aliphatic rings. The predicted octanol–water partition coefficient (Wildman–Crippen LogP) is 2.96. The van der Waals surface area contributed by atoms with Crippen molar-refractivity contribution in [3.8, 4) is 11.6 Å². The van der Waals surface area contributed by atoms with Crippen LogP contribution in [-0.2, 0) is 5.60 Å². The van der Waals surface area contributed by atoms with E-state index >= 15 is 0 Å². The van der Waals surface area contributed by atoms with E-state index < -0.39 is 5.60 Å². The summed E-state index contributed by atoms with van der Waals surface area (Å²) in [6.45, 7) is 5.89. The molecule has 2 atom stereocenters. The van der Waals surface area contributed by atoms with Crippen LogP contribution in [-0.4, -0.2) is 54.6 Å². The quantitative estimate of drug-likeness (QED) is 0.681. The van der Waals surface area contributed by atoms with Gasteiger partial charge in [0.15, 0.2) is 0 Å². The summed E-state index contributed by atoms with van der Waals surface area (Å²) in [5, 5.41) is 18.8. The lowest BCUT2D eigenvalue weighted by molar-refractivity contribution is 0.0325. The molecule has 2 aromatic heterocycles. The maximum atomic E-state index is 13.5. The van der Waals surface area contributed by atoms with Crippen molar-refractivity contribution in [1.29, 1.82) is 0 Å². The average Bonchev–Trinajstić information content (AvgIpc) is 3.29. The summed E-state index contributed by atoms with van der Waals surface area (Å²) < 4.78 is 6.19. The van der Waals surface area contributed by atoms with Gasteiger partial charge in [-0.3, -0.25) is 4.79 Å². The lowest BCUT2D eigenvalue weighted by atomic mass is 9.98. The third-order valence-electron chi connectivity index (χ3n) is 5.58. The Balaban J connectivity index is 1.57. The number of hydrogen-bond donors (Lipinski definition) is 1. The number of amides is 1. The molecule has 1 aromatic carbocycles. The van der Waals surface area contributed by atoms with Crippen LogP contribution in [0.5, 0.6) is 5.88 Å². The molecule has 0 bridgehead atoms. The monoisotopic (exact) mass is 421 g/mol. The fraction of sp³-hybridized carbons (Fsp3) is 0.391. The van der Waals surface area contributed by atoms with Gasteiger partial charge in [-0.1, -0.05) is 12.1 Å². The number of aliphatic hydroxyl groups is 1. The van der Waals surface area contributed by atoms with Crippen LogP contribution in [0.2, 0.25) is 0 Å². The van der Waals surface area contributed by atoms with Crippen molar-refractivity contribution < 1.29 is 14.6 Å². The maximum Gasteiger partial charge on any atom is 0.256 e. The van der Waals surface area contributed by atoms with Crippen molar-refractivity contribution >= 4 is 5.91 Å². The Bertz CT molecular complexity index is 1050. The molecule has 3 aromatic rings. The minimum Gasteiger partial charge on any atom is -0.472 e. The van der Waals surface area contributed by atoms with Crippen LogP contribution < -0.4 is 4.74 Å². The Morgan fingerprint density at radius 3 is 2.58 bits per heavy atom. The van der Waals surface area contributed by atoms with Crippen LogP contribution >= 0.6 is 0 Å². The van der Waals surface area contributed by atoms with Gasteiger partial charge in [0.25, 0.3) is 5.91 Å². The largest absolute Gasteiger partial charge is 0.472 e. The summed E-state index contributed by atoms with van der Waals surface area (Å²) in [5.41, 5.74) is 0.737. The standard InChI is InChI=1S/C23H27N5O3/c1-16-10-11-17(31-21-19(23(2,3)30)8-6-12-24-21)15-27(16)22(29)18-7-4-5-9-20(18)28-25-13-14-26-28/h4-9,12-14,16-17,30H,10-11,15H2,1-3H3/t16-,17-/m1/s1. The Kier molecular flexibility index (Phi) is 5.73. The van der Waals surface area contributed by atoms with Gasteiger partial charge in [0, 0.05) is 17.8 Å². The Hall–Kier alpha value is -3.26. The number of piperidine rings is 1. The first-order valence-corrected chi connectivity index (χ1v) is 10.5. The number of nitrogens with zero attached hydrogens (tertiary/aromatic N) is 5. The van der Waals surface area contributed by atoms with Gasteiger partial charge in [0.1, 0.15) is 6.10 Å². The molecule has 0 saturated carbocycles. The second-order valence-electron chi connectivity index (χ2n) is 8.37. The second-order valence-corrected chi connectivity index (χ2v) is 8.37. The molecular formula is C23H27N5O3. The van der Waals surface area contributed by atoms with Gasteiger partial charge >= 0.3 is 0 Å². The van der Waals surface area contributed by atoms with Crippen LogP contribution in [0.15, 0.2) is 55.0 Å². The van der Waals surface area contributed by atoms with Gasteiger partial charge in [-0.2, -0.15) is 15.0 Å². The number of pyridine rings is 1. The van der Waals surface area contributed by atoms with Crippen molar-refractivity contribution in [2.75, 3.05) is 6.54 Å². The molecule has 162 valence electrons. The zero-order valence-electron chi connectivity index (χ0n) is 18.0. The molecule has 1 amide bonds. The summed E-state index contributed by atoms with van der Waals surface area (Å²) in [5.74, 6) is 0.320. The average molecular weight is 422 g/mol. The molecule has 0 unspecified atom stereocenters. The number of aromatic nitrogens is 4. The summed E-state index contributed by atoms with van der Waals surface area (Å²) >= 11 is 0. The van der Waals surface area contributed by atoms with E-state index in [2.05, 4.69) is 15.2 Å². The molecular weight excluding hydrogens is 394 g/mol. The fourth-order valence-corrected chi connectivity index (χ4v) is 3.88. The molecule has 1 aliphatic heterocycles. The topological polar surface area (TPSA) is 93.4 Å². The first-order valence-electron chi connectivity index (χ1n) is 10.5. The zero-order chi connectivity index (χ0) is 22.0. The molecule has 31 heavy (non-hydrogen) atoms. The molecule has 4 rings (SSSR count).